The number of hydrogen-bond acceptors (Lipinski definition) is 10. The Kier molecular flexibility index (Phi) is 18.2. The molecule has 2 aliphatic heterocycles. The van der Waals surface area contributed by atoms with E-state index >= 15 is 0 Å². The molecule has 9 rings (SSSR count). The van der Waals surface area contributed by atoms with Crippen molar-refractivity contribution in [1.82, 2.24) is 19.9 Å². The third kappa shape index (κ3) is 17.3. The molecule has 0 unspecified atom stereocenters. The van der Waals surface area contributed by atoms with E-state index in [4.69, 9.17) is 18.2 Å². The summed E-state index contributed by atoms with van der Waals surface area (Å²) in [7, 11) is -16.1. The van der Waals surface area contributed by atoms with Gasteiger partial charge < -0.3 is 9.97 Å². The van der Waals surface area contributed by atoms with Crippen LogP contribution in [0.4, 0.5) is 0 Å². The maximum atomic E-state index is 10.4. The number of benzene rings is 4. The van der Waals surface area contributed by atoms with Crippen LogP contribution in [0.3, 0.4) is 0 Å². The van der Waals surface area contributed by atoms with Gasteiger partial charge in [0.2, 0.25) is 0 Å². The van der Waals surface area contributed by atoms with Gasteiger partial charge in [-0.05, 0) is 92.4 Å². The molecule has 332 valence electrons. The molecule has 0 radical (unpaired) electrons. The van der Waals surface area contributed by atoms with Gasteiger partial charge in [-0.15, -0.1) is 48.5 Å². The summed E-state index contributed by atoms with van der Waals surface area (Å²) in [5, 5.41) is 0. The largest absolute Gasteiger partial charge is 0.355 e. The van der Waals surface area contributed by atoms with Gasteiger partial charge in [-0.2, -0.15) is 106 Å². The maximum absolute atomic E-state index is 10.4. The van der Waals surface area contributed by atoms with Crippen molar-refractivity contribution in [2.75, 3.05) is 0 Å². The van der Waals surface area contributed by atoms with Crippen LogP contribution in [0, 0.1) is 24.3 Å². The number of aromatic nitrogens is 4. The van der Waals surface area contributed by atoms with Gasteiger partial charge in [0.05, 0.1) is 22.8 Å². The minimum absolute atomic E-state index is 0. The van der Waals surface area contributed by atoms with Crippen molar-refractivity contribution in [3.05, 3.63) is 193 Å². The zero-order chi connectivity index (χ0) is 46.4. The van der Waals surface area contributed by atoms with Gasteiger partial charge in [-0.25, -0.2) is 9.97 Å². The van der Waals surface area contributed by atoms with Gasteiger partial charge in [-0.1, -0.05) is 0 Å². The number of hydrogen-bond donors (Lipinski definition) is 6. The van der Waals surface area contributed by atoms with Crippen molar-refractivity contribution in [3.8, 4) is 0 Å². The molecule has 4 aromatic carbocycles. The average molecular weight is 1000 g/mol. The summed E-state index contributed by atoms with van der Waals surface area (Å²) < 4.78 is 117. The molecule has 0 saturated carbocycles. The molecule has 16 nitrogen and oxygen atoms in total. The molecule has 5 heterocycles. The Bertz CT molecular complexity index is 3010. The zero-order valence-electron chi connectivity index (χ0n) is 33.5. The molecule has 3 aromatic heterocycles. The van der Waals surface area contributed by atoms with Crippen LogP contribution >= 0.6 is 0 Å². The molecule has 2 aliphatic rings. The van der Waals surface area contributed by atoms with E-state index < -0.39 is 40.5 Å². The number of rotatable bonds is 4. The van der Waals surface area contributed by atoms with E-state index in [2.05, 4.69) is 74.5 Å². The zero-order valence-corrected chi connectivity index (χ0v) is 39.7. The number of nitrogens with one attached hydrogen (secondary N) is 2. The van der Waals surface area contributed by atoms with Crippen LogP contribution in [0.2, 0.25) is 0 Å². The SMILES string of the molecule is C1=Cc2cc3ccc(cc4ccc(cc5nc(cc1n2)C=C5)[nH]4)[nH]3.O=S(=O)(O)c1cc[c-]cc1.O=S(=O)(O)c1cc[c-]cc1.O=S(=O)(O)c1cc[c-]cc1.O=S(=O)(O)c1cc[c-]cc1.[Zn]. The fourth-order valence-electron chi connectivity index (χ4n) is 5.12. The first-order chi connectivity index (χ1) is 30.2. The van der Waals surface area contributed by atoms with Gasteiger partial charge in [0.1, 0.15) is 0 Å². The molecular weight excluding hydrogens is 970 g/mol. The molecule has 0 saturated heterocycles. The van der Waals surface area contributed by atoms with E-state index in [0.29, 0.717) is 0 Å². The van der Waals surface area contributed by atoms with Gasteiger partial charge >= 0.3 is 0 Å². The van der Waals surface area contributed by atoms with Crippen molar-refractivity contribution in [2.45, 2.75) is 19.6 Å². The molecule has 0 spiro atoms. The molecule has 21 heteroatoms. The number of aromatic amines is 2. The maximum Gasteiger partial charge on any atom is 0.271 e. The third-order valence-electron chi connectivity index (χ3n) is 7.98. The fraction of sp³-hybridized carbons (Fsp3) is 0. The quantitative estimate of drug-likeness (QED) is 0.0563. The molecule has 0 atom stereocenters. The van der Waals surface area contributed by atoms with Crippen molar-refractivity contribution in [2.24, 2.45) is 0 Å². The summed E-state index contributed by atoms with van der Waals surface area (Å²) >= 11 is 0. The smallest absolute Gasteiger partial charge is 0.271 e. The summed E-state index contributed by atoms with van der Waals surface area (Å²) in [5.41, 5.74) is 7.86. The second-order valence-electron chi connectivity index (χ2n) is 12.7. The van der Waals surface area contributed by atoms with Gasteiger partial charge in [0, 0.05) is 41.5 Å². The van der Waals surface area contributed by atoms with E-state index in [1.165, 1.54) is 97.1 Å². The van der Waals surface area contributed by atoms with Crippen LogP contribution < -0.4 is 0 Å². The molecule has 7 aromatic rings. The third-order valence-corrected chi connectivity index (χ3v) is 11.5. The van der Waals surface area contributed by atoms with Crippen LogP contribution in [0.25, 0.3) is 46.4 Å². The normalized spacial score (nSPS) is 11.6. The second kappa shape index (κ2) is 23.1. The van der Waals surface area contributed by atoms with Crippen LogP contribution in [0.15, 0.2) is 165 Å². The van der Waals surface area contributed by atoms with Crippen LogP contribution in [-0.2, 0) is 60.0 Å². The summed E-state index contributed by atoms with van der Waals surface area (Å²) in [6.45, 7) is 0. The van der Waals surface area contributed by atoms with Crippen molar-refractivity contribution < 1.29 is 71.4 Å². The van der Waals surface area contributed by atoms with Gasteiger partial charge in [0.25, 0.3) is 40.5 Å². The van der Waals surface area contributed by atoms with Crippen LogP contribution in [0.1, 0.15) is 22.8 Å². The topological polar surface area (TPSA) is 275 Å². The summed E-state index contributed by atoms with van der Waals surface area (Å²) in [6, 6.07) is 48.5. The van der Waals surface area contributed by atoms with E-state index in [0.717, 1.165) is 44.8 Å². The monoisotopic (exact) mass is 1000 g/mol. The molecule has 0 amide bonds. The number of H-pyrrole nitrogens is 2. The van der Waals surface area contributed by atoms with Crippen molar-refractivity contribution in [3.63, 3.8) is 0 Å². The Morgan fingerprint density at radius 3 is 0.769 bits per heavy atom. The van der Waals surface area contributed by atoms with E-state index in [9.17, 15) is 33.7 Å². The first kappa shape index (κ1) is 51.4. The summed E-state index contributed by atoms with van der Waals surface area (Å²) in [5.74, 6) is 0. The Morgan fingerprint density at radius 1 is 0.338 bits per heavy atom. The van der Waals surface area contributed by atoms with E-state index in [-0.39, 0.29) is 39.1 Å². The standard InChI is InChI=1S/C20H14N4.4C6H5O3S.Zn/c1-2-14-10-16-5-6-18(23-16)12-20-8-7-19(24-20)11-17-4-3-15(22-17)9-13(1)21-14;4*7-10(8,9)6-4-2-1-3-5-6;/h1-12,21-22H;4*2-5H,(H,7,8,9);/q;4*-1;. The molecular formula is C44H34N4O12S4Zn-4. The fourth-order valence-corrected chi connectivity index (χ4v) is 7.04. The predicted molar refractivity (Wildman–Crippen MR) is 239 cm³/mol. The Hall–Kier alpha value is -6.26. The number of fused-ring (bicyclic) bond motifs is 8. The van der Waals surface area contributed by atoms with Gasteiger partial charge in [0.15, 0.2) is 0 Å². The molecule has 0 aliphatic carbocycles. The second-order valence-corrected chi connectivity index (χ2v) is 18.4. The van der Waals surface area contributed by atoms with E-state index in [1.54, 1.807) is 0 Å². The van der Waals surface area contributed by atoms with Crippen molar-refractivity contribution >= 4 is 86.8 Å². The summed E-state index contributed by atoms with van der Waals surface area (Å²) in [6.07, 6.45) is 8.05. The summed E-state index contributed by atoms with van der Waals surface area (Å²) in [4.78, 5) is 15.6. The Labute approximate surface area is 387 Å². The van der Waals surface area contributed by atoms with Crippen LogP contribution in [-0.4, -0.2) is 71.8 Å². The average Bonchev–Trinajstić information content (AvgIpc) is 4.10. The molecule has 6 N–H and O–H groups in total. The number of nitrogens with zero attached hydrogens (tertiary/aromatic N) is 2. The minimum atomic E-state index is -4.02. The van der Waals surface area contributed by atoms with Crippen molar-refractivity contribution in [1.29, 1.82) is 0 Å². The Morgan fingerprint density at radius 2 is 0.554 bits per heavy atom. The predicted octanol–water partition coefficient (Wildman–Crippen LogP) is 7.59. The molecule has 8 bridgehead atoms. The molecule has 0 fully saturated rings. The first-order valence-electron chi connectivity index (χ1n) is 18.0. The van der Waals surface area contributed by atoms with E-state index in [1.807, 2.05) is 42.5 Å². The Balaban J connectivity index is 0.000000192. The first-order valence-corrected chi connectivity index (χ1v) is 23.8. The van der Waals surface area contributed by atoms with Crippen LogP contribution in [0.5, 0.6) is 0 Å². The molecule has 65 heavy (non-hydrogen) atoms. The van der Waals surface area contributed by atoms with Gasteiger partial charge in [-0.3, -0.25) is 18.2 Å². The minimum Gasteiger partial charge on any atom is -0.355 e.